The largest absolute Gasteiger partial charge is 0.138 e. The van der Waals surface area contributed by atoms with Crippen molar-refractivity contribution < 1.29 is 0 Å². The summed E-state index contributed by atoms with van der Waals surface area (Å²) in [6.45, 7) is 0. The number of hydrogen-bond acceptors (Lipinski definition) is 0. The molecule has 1 heteroatoms. The molecule has 8 bridgehead atoms. The van der Waals surface area contributed by atoms with Crippen molar-refractivity contribution in [2.45, 2.75) is 96.3 Å². The molecule has 0 spiro atoms. The summed E-state index contributed by atoms with van der Waals surface area (Å²) in [5, 5.41) is 0. The summed E-state index contributed by atoms with van der Waals surface area (Å²) in [7, 11) is 2.99. The maximum Gasteiger partial charge on any atom is -0.0256 e. The molecule has 0 aromatic rings. The van der Waals surface area contributed by atoms with Crippen molar-refractivity contribution in [1.29, 1.82) is 0 Å². The molecule has 0 radical (unpaired) electrons. The van der Waals surface area contributed by atoms with Crippen LogP contribution in [0.1, 0.15) is 96.3 Å². The predicted octanol–water partition coefficient (Wildman–Crippen LogP) is 7.08. The highest BCUT2D eigenvalue weighted by molar-refractivity contribution is 7.16. The fourth-order valence-corrected chi connectivity index (χ4v) is 11.3. The van der Waals surface area contributed by atoms with Crippen molar-refractivity contribution in [3.63, 3.8) is 0 Å². The first-order chi connectivity index (χ1) is 12.7. The van der Waals surface area contributed by atoms with E-state index in [0.717, 1.165) is 52.3 Å². The predicted molar refractivity (Wildman–Crippen MR) is 113 cm³/mol. The second kappa shape index (κ2) is 6.21. The Morgan fingerprint density at radius 2 is 0.923 bits per heavy atom. The summed E-state index contributed by atoms with van der Waals surface area (Å²) in [6.07, 6.45) is 25.6. The van der Waals surface area contributed by atoms with Gasteiger partial charge in [0, 0.05) is 0 Å². The van der Waals surface area contributed by atoms with Crippen molar-refractivity contribution in [2.75, 3.05) is 6.16 Å². The standard InChI is InChI=1S/C25H41P/c26-4-2-1-3-23(24-11-17-5-18(12-24)7-19(6-17)13-24)25-14-20-8-21(15-25)10-22(9-20)16-25/h17-23H,1-16,26H2. The van der Waals surface area contributed by atoms with Crippen LogP contribution >= 0.6 is 9.24 Å². The normalized spacial score (nSPS) is 54.8. The van der Waals surface area contributed by atoms with Gasteiger partial charge in [0.1, 0.15) is 0 Å². The fraction of sp³-hybridized carbons (Fsp3) is 1.00. The Labute approximate surface area is 164 Å². The summed E-state index contributed by atoms with van der Waals surface area (Å²) in [6, 6.07) is 0. The van der Waals surface area contributed by atoms with E-state index >= 15 is 0 Å². The van der Waals surface area contributed by atoms with Gasteiger partial charge in [0.15, 0.2) is 0 Å². The van der Waals surface area contributed by atoms with Crippen molar-refractivity contribution >= 4 is 9.24 Å². The molecule has 0 N–H and O–H groups in total. The first-order valence-electron chi connectivity index (χ1n) is 12.4. The first kappa shape index (κ1) is 17.3. The molecule has 1 unspecified atom stereocenters. The lowest BCUT2D eigenvalue weighted by Gasteiger charge is -2.67. The van der Waals surface area contributed by atoms with Crippen LogP contribution in [-0.4, -0.2) is 6.16 Å². The van der Waals surface area contributed by atoms with Crippen LogP contribution in [0, 0.1) is 52.3 Å². The molecule has 26 heavy (non-hydrogen) atoms. The SMILES string of the molecule is PCCCCC(C12CC3CC(CC(C3)C1)C2)C12CC3CC(CC(C3)C1)C2. The molecule has 0 amide bonds. The van der Waals surface area contributed by atoms with Crippen molar-refractivity contribution in [2.24, 2.45) is 52.3 Å². The molecule has 0 aromatic heterocycles. The topological polar surface area (TPSA) is 0 Å². The summed E-state index contributed by atoms with van der Waals surface area (Å²) in [5.74, 6) is 7.95. The van der Waals surface area contributed by atoms with Crippen LogP contribution in [0.2, 0.25) is 0 Å². The third kappa shape index (κ3) is 2.63. The van der Waals surface area contributed by atoms with Gasteiger partial charge in [-0.1, -0.05) is 6.42 Å². The Morgan fingerprint density at radius 1 is 0.577 bits per heavy atom. The van der Waals surface area contributed by atoms with E-state index in [0.29, 0.717) is 0 Å². The Hall–Kier alpha value is 0.430. The van der Waals surface area contributed by atoms with Gasteiger partial charge in [-0.25, -0.2) is 0 Å². The molecule has 0 saturated heterocycles. The molecule has 1 atom stereocenters. The summed E-state index contributed by atoms with van der Waals surface area (Å²) < 4.78 is 0. The van der Waals surface area contributed by atoms with E-state index in [1.807, 2.05) is 0 Å². The van der Waals surface area contributed by atoms with E-state index in [1.165, 1.54) is 19.0 Å². The maximum absolute atomic E-state index is 2.99. The average molecular weight is 373 g/mol. The fourth-order valence-electron chi connectivity index (χ4n) is 11.0. The molecule has 8 fully saturated rings. The van der Waals surface area contributed by atoms with E-state index in [2.05, 4.69) is 9.24 Å². The Kier molecular flexibility index (Phi) is 4.13. The number of hydrogen-bond donors (Lipinski definition) is 0. The molecular formula is C25H41P. The highest BCUT2D eigenvalue weighted by atomic mass is 31.0. The van der Waals surface area contributed by atoms with Crippen molar-refractivity contribution in [3.8, 4) is 0 Å². The van der Waals surface area contributed by atoms with Gasteiger partial charge in [0.05, 0.1) is 0 Å². The summed E-state index contributed by atoms with van der Waals surface area (Å²) in [5.41, 5.74) is 1.61. The quantitative estimate of drug-likeness (QED) is 0.345. The minimum atomic E-state index is 0.807. The van der Waals surface area contributed by atoms with Crippen molar-refractivity contribution in [3.05, 3.63) is 0 Å². The number of rotatable bonds is 6. The second-order valence-corrected chi connectivity index (χ2v) is 13.0. The van der Waals surface area contributed by atoms with Crippen LogP contribution in [0.5, 0.6) is 0 Å². The zero-order valence-electron chi connectivity index (χ0n) is 16.9. The van der Waals surface area contributed by atoms with Crippen LogP contribution in [0.3, 0.4) is 0 Å². The lowest BCUT2D eigenvalue weighted by molar-refractivity contribution is -0.174. The van der Waals surface area contributed by atoms with Gasteiger partial charge in [-0.15, -0.1) is 9.24 Å². The Balaban J connectivity index is 1.35. The van der Waals surface area contributed by atoms with E-state index in [-0.39, 0.29) is 0 Å². The second-order valence-electron chi connectivity index (χ2n) is 12.4. The molecule has 0 aromatic carbocycles. The molecule has 0 nitrogen and oxygen atoms in total. The minimum absolute atomic E-state index is 0.807. The lowest BCUT2D eigenvalue weighted by atomic mass is 9.38. The monoisotopic (exact) mass is 372 g/mol. The lowest BCUT2D eigenvalue weighted by Crippen LogP contribution is -2.58. The summed E-state index contributed by atoms with van der Waals surface area (Å²) >= 11 is 0. The van der Waals surface area contributed by atoms with E-state index < -0.39 is 0 Å². The molecule has 0 aliphatic heterocycles. The van der Waals surface area contributed by atoms with Crippen LogP contribution in [-0.2, 0) is 0 Å². The van der Waals surface area contributed by atoms with Crippen LogP contribution in [0.15, 0.2) is 0 Å². The maximum atomic E-state index is 2.99. The van der Waals surface area contributed by atoms with Gasteiger partial charge >= 0.3 is 0 Å². The van der Waals surface area contributed by atoms with Gasteiger partial charge in [-0.2, -0.15) is 0 Å². The minimum Gasteiger partial charge on any atom is -0.138 e. The molecule has 0 heterocycles. The molecule has 8 aliphatic rings. The zero-order valence-corrected chi connectivity index (χ0v) is 18.1. The number of unbranched alkanes of at least 4 members (excludes halogenated alkanes) is 1. The van der Waals surface area contributed by atoms with E-state index in [4.69, 9.17) is 0 Å². The van der Waals surface area contributed by atoms with Gasteiger partial charge in [0.2, 0.25) is 0 Å². The first-order valence-corrected chi connectivity index (χ1v) is 13.2. The third-order valence-corrected chi connectivity index (χ3v) is 11.0. The van der Waals surface area contributed by atoms with Gasteiger partial charge in [-0.3, -0.25) is 0 Å². The van der Waals surface area contributed by atoms with Gasteiger partial charge in [-0.05, 0) is 148 Å². The van der Waals surface area contributed by atoms with Crippen LogP contribution < -0.4 is 0 Å². The van der Waals surface area contributed by atoms with E-state index in [9.17, 15) is 0 Å². The van der Waals surface area contributed by atoms with Crippen LogP contribution in [0.4, 0.5) is 0 Å². The third-order valence-electron chi connectivity index (χ3n) is 10.6. The molecule has 146 valence electrons. The Morgan fingerprint density at radius 3 is 1.23 bits per heavy atom. The van der Waals surface area contributed by atoms with Crippen molar-refractivity contribution in [1.82, 2.24) is 0 Å². The Bertz CT molecular complexity index is 434. The van der Waals surface area contributed by atoms with Gasteiger partial charge in [0.25, 0.3) is 0 Å². The van der Waals surface area contributed by atoms with Crippen LogP contribution in [0.25, 0.3) is 0 Å². The zero-order chi connectivity index (χ0) is 17.4. The smallest absolute Gasteiger partial charge is 0.0256 e. The van der Waals surface area contributed by atoms with E-state index in [1.54, 1.807) is 83.5 Å². The molecule has 8 rings (SSSR count). The average Bonchev–Trinajstić information content (AvgIpc) is 2.56. The van der Waals surface area contributed by atoms with Gasteiger partial charge < -0.3 is 0 Å². The molecule has 8 saturated carbocycles. The highest BCUT2D eigenvalue weighted by Crippen LogP contribution is 2.72. The highest BCUT2D eigenvalue weighted by Gasteiger charge is 2.62. The molecular weight excluding hydrogens is 331 g/mol. The molecule has 8 aliphatic carbocycles. The summed E-state index contributed by atoms with van der Waals surface area (Å²) in [4.78, 5) is 0.